The van der Waals surface area contributed by atoms with Crippen molar-refractivity contribution in [3.8, 4) is 5.75 Å². The van der Waals surface area contributed by atoms with Crippen molar-refractivity contribution in [1.82, 2.24) is 4.90 Å². The van der Waals surface area contributed by atoms with Gasteiger partial charge in [0.2, 0.25) is 0 Å². The predicted molar refractivity (Wildman–Crippen MR) is 75.5 cm³/mol. The third-order valence-corrected chi connectivity index (χ3v) is 3.34. The number of nitrogens with zero attached hydrogens (tertiary/aromatic N) is 1. The fraction of sp³-hybridized carbons (Fsp3) is 0.500. The summed E-state index contributed by atoms with van der Waals surface area (Å²) in [6.07, 6.45) is -0.0946. The van der Waals surface area contributed by atoms with Gasteiger partial charge in [0, 0.05) is 18.6 Å². The minimum atomic E-state index is -0.154. The SMILES string of the molecule is COc1ccc(Cl)cc1C(=O)N(C)C[C@H]1COCCO1. The number of hydrogen-bond acceptors (Lipinski definition) is 4. The first kappa shape index (κ1) is 15.1. The van der Waals surface area contributed by atoms with Crippen LogP contribution < -0.4 is 4.74 Å². The lowest BCUT2D eigenvalue weighted by Crippen LogP contribution is -2.40. The first-order valence-corrected chi connectivity index (χ1v) is 6.78. The van der Waals surface area contributed by atoms with E-state index in [0.29, 0.717) is 42.7 Å². The van der Waals surface area contributed by atoms with E-state index in [4.69, 9.17) is 25.8 Å². The summed E-state index contributed by atoms with van der Waals surface area (Å²) >= 11 is 5.94. The molecule has 1 aliphatic rings. The van der Waals surface area contributed by atoms with Crippen LogP contribution in [0.4, 0.5) is 0 Å². The maximum atomic E-state index is 12.4. The predicted octanol–water partition coefficient (Wildman–Crippen LogP) is 1.84. The highest BCUT2D eigenvalue weighted by Gasteiger charge is 2.22. The van der Waals surface area contributed by atoms with Gasteiger partial charge in [-0.1, -0.05) is 11.6 Å². The zero-order valence-electron chi connectivity index (χ0n) is 11.6. The minimum Gasteiger partial charge on any atom is -0.496 e. The molecular formula is C14H18ClNO4. The van der Waals surface area contributed by atoms with E-state index in [1.54, 1.807) is 30.1 Å². The molecule has 2 rings (SSSR count). The van der Waals surface area contributed by atoms with Crippen LogP contribution >= 0.6 is 11.6 Å². The van der Waals surface area contributed by atoms with Gasteiger partial charge in [-0.15, -0.1) is 0 Å². The summed E-state index contributed by atoms with van der Waals surface area (Å²) < 4.78 is 16.1. The number of carbonyl (C=O) groups excluding carboxylic acids is 1. The van der Waals surface area contributed by atoms with Crippen molar-refractivity contribution >= 4 is 17.5 Å². The summed E-state index contributed by atoms with van der Waals surface area (Å²) in [4.78, 5) is 14.0. The summed E-state index contributed by atoms with van der Waals surface area (Å²) in [5, 5.41) is 0.500. The molecule has 0 spiro atoms. The molecule has 0 aliphatic carbocycles. The van der Waals surface area contributed by atoms with Gasteiger partial charge in [-0.3, -0.25) is 4.79 Å². The molecule has 1 fully saturated rings. The Morgan fingerprint density at radius 3 is 2.95 bits per heavy atom. The van der Waals surface area contributed by atoms with Crippen molar-refractivity contribution in [2.24, 2.45) is 0 Å². The molecule has 20 heavy (non-hydrogen) atoms. The molecule has 0 radical (unpaired) electrons. The molecule has 1 aromatic rings. The second kappa shape index (κ2) is 6.92. The van der Waals surface area contributed by atoms with Crippen LogP contribution in [0.2, 0.25) is 5.02 Å². The quantitative estimate of drug-likeness (QED) is 0.851. The van der Waals surface area contributed by atoms with Crippen LogP contribution in [0.15, 0.2) is 18.2 Å². The number of rotatable bonds is 4. The zero-order valence-corrected chi connectivity index (χ0v) is 12.4. The highest BCUT2D eigenvalue weighted by atomic mass is 35.5. The molecule has 6 heteroatoms. The Labute approximate surface area is 123 Å². The molecule has 1 aliphatic heterocycles. The summed E-state index contributed by atoms with van der Waals surface area (Å²) in [6, 6.07) is 4.98. The third-order valence-electron chi connectivity index (χ3n) is 3.10. The van der Waals surface area contributed by atoms with E-state index in [0.717, 1.165) is 0 Å². The second-order valence-electron chi connectivity index (χ2n) is 4.60. The van der Waals surface area contributed by atoms with Crippen LogP contribution in [0.3, 0.4) is 0 Å². The molecule has 110 valence electrons. The Bertz CT molecular complexity index is 474. The number of likely N-dealkylation sites (N-methyl/N-ethyl adjacent to an activating group) is 1. The van der Waals surface area contributed by atoms with Crippen LogP contribution in [0.5, 0.6) is 5.75 Å². The van der Waals surface area contributed by atoms with Gasteiger partial charge in [0.1, 0.15) is 5.75 Å². The topological polar surface area (TPSA) is 48.0 Å². The molecule has 0 aromatic heterocycles. The standard InChI is InChI=1S/C14H18ClNO4/c1-16(8-11-9-19-5-6-20-11)14(17)12-7-10(15)3-4-13(12)18-2/h3-4,7,11H,5-6,8-9H2,1-2H3/t11-/m0/s1. The van der Waals surface area contributed by atoms with Crippen LogP contribution in [-0.4, -0.2) is 57.4 Å². The van der Waals surface area contributed by atoms with Gasteiger partial charge in [0.05, 0.1) is 38.6 Å². The maximum absolute atomic E-state index is 12.4. The second-order valence-corrected chi connectivity index (χ2v) is 5.03. The number of ether oxygens (including phenoxy) is 3. The third kappa shape index (κ3) is 3.62. The average molecular weight is 300 g/mol. The Morgan fingerprint density at radius 1 is 1.50 bits per heavy atom. The number of methoxy groups -OCH3 is 1. The fourth-order valence-corrected chi connectivity index (χ4v) is 2.26. The van der Waals surface area contributed by atoms with Gasteiger partial charge in [0.25, 0.3) is 5.91 Å². The molecule has 0 saturated carbocycles. The number of hydrogen-bond donors (Lipinski definition) is 0. The number of amides is 1. The number of halogens is 1. The molecule has 1 amide bonds. The molecular weight excluding hydrogens is 282 g/mol. The monoisotopic (exact) mass is 299 g/mol. The van der Waals surface area contributed by atoms with E-state index in [1.165, 1.54) is 7.11 Å². The van der Waals surface area contributed by atoms with Crippen molar-refractivity contribution in [1.29, 1.82) is 0 Å². The Morgan fingerprint density at radius 2 is 2.30 bits per heavy atom. The van der Waals surface area contributed by atoms with E-state index in [-0.39, 0.29) is 12.0 Å². The highest BCUT2D eigenvalue weighted by molar-refractivity contribution is 6.31. The molecule has 1 atom stereocenters. The molecule has 0 N–H and O–H groups in total. The van der Waals surface area contributed by atoms with E-state index in [9.17, 15) is 4.79 Å². The Balaban J connectivity index is 2.07. The van der Waals surface area contributed by atoms with E-state index >= 15 is 0 Å². The van der Waals surface area contributed by atoms with E-state index in [2.05, 4.69) is 0 Å². The minimum absolute atomic E-state index is 0.0946. The normalized spacial score (nSPS) is 18.6. The van der Waals surface area contributed by atoms with Gasteiger partial charge in [0.15, 0.2) is 0 Å². The lowest BCUT2D eigenvalue weighted by molar-refractivity contribution is -0.0933. The van der Waals surface area contributed by atoms with Gasteiger partial charge in [-0.2, -0.15) is 0 Å². The largest absolute Gasteiger partial charge is 0.496 e. The van der Waals surface area contributed by atoms with Gasteiger partial charge in [-0.05, 0) is 18.2 Å². The first-order chi connectivity index (χ1) is 9.61. The van der Waals surface area contributed by atoms with Crippen LogP contribution in [0.1, 0.15) is 10.4 Å². The summed E-state index contributed by atoms with van der Waals surface area (Å²) in [7, 11) is 3.25. The first-order valence-electron chi connectivity index (χ1n) is 6.40. The summed E-state index contributed by atoms with van der Waals surface area (Å²) in [6.45, 7) is 2.14. The lowest BCUT2D eigenvalue weighted by Gasteiger charge is -2.27. The van der Waals surface area contributed by atoms with Crippen LogP contribution in [-0.2, 0) is 9.47 Å². The molecule has 5 nitrogen and oxygen atoms in total. The smallest absolute Gasteiger partial charge is 0.257 e. The number of benzene rings is 1. The Hall–Kier alpha value is -1.30. The van der Waals surface area contributed by atoms with Gasteiger partial charge < -0.3 is 19.1 Å². The molecule has 0 bridgehead atoms. The van der Waals surface area contributed by atoms with Crippen molar-refractivity contribution in [2.75, 3.05) is 40.5 Å². The lowest BCUT2D eigenvalue weighted by atomic mass is 10.1. The van der Waals surface area contributed by atoms with E-state index < -0.39 is 0 Å². The van der Waals surface area contributed by atoms with Crippen molar-refractivity contribution in [3.63, 3.8) is 0 Å². The molecule has 1 saturated heterocycles. The molecule has 0 unspecified atom stereocenters. The Kier molecular flexibility index (Phi) is 5.23. The average Bonchev–Trinajstić information content (AvgIpc) is 2.47. The van der Waals surface area contributed by atoms with Crippen molar-refractivity contribution in [2.45, 2.75) is 6.10 Å². The molecule has 1 heterocycles. The van der Waals surface area contributed by atoms with Crippen LogP contribution in [0, 0.1) is 0 Å². The van der Waals surface area contributed by atoms with Crippen molar-refractivity contribution < 1.29 is 19.0 Å². The van der Waals surface area contributed by atoms with Gasteiger partial charge >= 0.3 is 0 Å². The van der Waals surface area contributed by atoms with Gasteiger partial charge in [-0.25, -0.2) is 0 Å². The fourth-order valence-electron chi connectivity index (χ4n) is 2.08. The summed E-state index contributed by atoms with van der Waals surface area (Å²) in [5.74, 6) is 0.352. The maximum Gasteiger partial charge on any atom is 0.257 e. The van der Waals surface area contributed by atoms with E-state index in [1.807, 2.05) is 0 Å². The molecule has 1 aromatic carbocycles. The van der Waals surface area contributed by atoms with Crippen LogP contribution in [0.25, 0.3) is 0 Å². The summed E-state index contributed by atoms with van der Waals surface area (Å²) in [5.41, 5.74) is 0.444. The van der Waals surface area contributed by atoms with Crippen molar-refractivity contribution in [3.05, 3.63) is 28.8 Å². The number of carbonyl (C=O) groups is 1. The highest BCUT2D eigenvalue weighted by Crippen LogP contribution is 2.24. The zero-order chi connectivity index (χ0) is 14.5.